The van der Waals surface area contributed by atoms with Gasteiger partial charge in [0.25, 0.3) is 0 Å². The third kappa shape index (κ3) is 2.16. The molecule has 0 amide bonds. The predicted molar refractivity (Wildman–Crippen MR) is 48.1 cm³/mol. The topological polar surface area (TPSA) is 121 Å². The average Bonchev–Trinajstić information content (AvgIpc) is 1.84. The van der Waals surface area contributed by atoms with Crippen molar-refractivity contribution in [3.8, 4) is 0 Å². The highest BCUT2D eigenvalue weighted by Gasteiger charge is 2.67. The molecule has 13 heavy (non-hydrogen) atoms. The second kappa shape index (κ2) is 3.75. The second-order valence-corrected chi connectivity index (χ2v) is 8.02. The number of rotatable bonds is 4. The monoisotopic (exact) mass is 228 g/mol. The van der Waals surface area contributed by atoms with Gasteiger partial charge in [-0.2, -0.15) is 0 Å². The zero-order valence-electron chi connectivity index (χ0n) is 7.60. The molecule has 6 nitrogen and oxygen atoms in total. The summed E-state index contributed by atoms with van der Waals surface area (Å²) in [4.78, 5) is 54.4. The van der Waals surface area contributed by atoms with Crippen LogP contribution in [0, 0.1) is 0 Å². The lowest BCUT2D eigenvalue weighted by Gasteiger charge is -2.38. The minimum atomic E-state index is -4.76. The summed E-state index contributed by atoms with van der Waals surface area (Å²) in [6.07, 6.45) is -0.204. The van der Waals surface area contributed by atoms with Crippen molar-refractivity contribution < 1.29 is 28.8 Å². The van der Waals surface area contributed by atoms with Gasteiger partial charge in [-0.25, -0.2) is 0 Å². The molecule has 6 N–H and O–H groups in total. The molecule has 0 unspecified atom stereocenters. The lowest BCUT2D eigenvalue weighted by Crippen LogP contribution is -2.64. The van der Waals surface area contributed by atoms with Crippen LogP contribution < -0.4 is 0 Å². The van der Waals surface area contributed by atoms with Gasteiger partial charge in [-0.3, -0.25) is 0 Å². The molecule has 0 aliphatic carbocycles. The van der Waals surface area contributed by atoms with E-state index in [4.69, 9.17) is 28.8 Å². The Hall–Kier alpha value is 0.194. The van der Waals surface area contributed by atoms with Crippen LogP contribution in [0.5, 0.6) is 0 Å². The van der Waals surface area contributed by atoms with E-state index in [0.717, 1.165) is 0 Å². The molecule has 0 saturated heterocycles. The van der Waals surface area contributed by atoms with Gasteiger partial charge in [0, 0.05) is 0 Å². The van der Waals surface area contributed by atoms with Gasteiger partial charge in [0.2, 0.25) is 0 Å². The molecule has 0 rings (SSSR count). The Kier molecular flexibility index (Phi) is 3.80. The summed E-state index contributed by atoms with van der Waals surface area (Å²) in [6, 6.07) is 0. The second-order valence-electron chi connectivity index (χ2n) is 3.06. The van der Waals surface area contributed by atoms with Crippen molar-refractivity contribution in [2.24, 2.45) is 0 Å². The highest BCUT2D eigenvalue weighted by molar-refractivity contribution is 6.81. The van der Waals surface area contributed by atoms with Crippen molar-refractivity contribution in [1.29, 1.82) is 0 Å². The van der Waals surface area contributed by atoms with Crippen LogP contribution >= 0.6 is 0 Å². The summed E-state index contributed by atoms with van der Waals surface area (Å²) < 4.78 is -1.93. The molecule has 0 aliphatic rings. The molecular formula is C5H16O6Si2. The lowest BCUT2D eigenvalue weighted by molar-refractivity contribution is 0.134. The third-order valence-electron chi connectivity index (χ3n) is 2.49. The largest absolute Gasteiger partial charge is 0.503 e. The molecule has 8 heteroatoms. The lowest BCUT2D eigenvalue weighted by atomic mass is 10.2. The Balaban J connectivity index is 5.17. The van der Waals surface area contributed by atoms with Crippen LogP contribution in [0.15, 0.2) is 0 Å². The highest BCUT2D eigenvalue weighted by atomic mass is 28.5. The average molecular weight is 228 g/mol. The summed E-state index contributed by atoms with van der Waals surface area (Å²) in [7, 11) is -9.52. The maximum absolute atomic E-state index is 9.07. The maximum Gasteiger partial charge on any atom is 0.503 e. The van der Waals surface area contributed by atoms with Crippen LogP contribution in [0.25, 0.3) is 0 Å². The molecule has 0 spiro atoms. The van der Waals surface area contributed by atoms with E-state index in [1.165, 1.54) is 13.8 Å². The molecule has 0 bridgehead atoms. The summed E-state index contributed by atoms with van der Waals surface area (Å²) in [6.45, 7) is 2.89. The van der Waals surface area contributed by atoms with E-state index in [1.807, 2.05) is 0 Å². The zero-order chi connectivity index (χ0) is 10.9. The number of hydrogen-bond donors (Lipinski definition) is 6. The van der Waals surface area contributed by atoms with E-state index in [0.29, 0.717) is 0 Å². The van der Waals surface area contributed by atoms with Crippen LogP contribution in [0.3, 0.4) is 0 Å². The van der Waals surface area contributed by atoms with Crippen molar-refractivity contribution in [2.75, 3.05) is 0 Å². The quantitative estimate of drug-likeness (QED) is 0.307. The molecule has 0 atom stereocenters. The van der Waals surface area contributed by atoms with Crippen LogP contribution in [-0.4, -0.2) is 46.4 Å². The normalized spacial score (nSPS) is 14.8. The maximum atomic E-state index is 9.07. The first kappa shape index (κ1) is 13.2. The Labute approximate surface area is 78.5 Å². The molecule has 0 aromatic rings. The van der Waals surface area contributed by atoms with E-state index in [1.54, 1.807) is 0 Å². The Morgan fingerprint density at radius 2 is 1.00 bits per heavy atom. The van der Waals surface area contributed by atoms with E-state index in [-0.39, 0.29) is 12.8 Å². The van der Waals surface area contributed by atoms with Gasteiger partial charge in [0.15, 0.2) is 0 Å². The molecule has 0 aromatic heterocycles. The van der Waals surface area contributed by atoms with Crippen molar-refractivity contribution in [1.82, 2.24) is 0 Å². The van der Waals surface area contributed by atoms with Gasteiger partial charge in [0.1, 0.15) is 4.66 Å². The van der Waals surface area contributed by atoms with Crippen molar-refractivity contribution in [3.05, 3.63) is 0 Å². The first-order valence-corrected chi connectivity index (χ1v) is 7.65. The smallest absolute Gasteiger partial charge is 0.390 e. The Morgan fingerprint density at radius 3 is 1.00 bits per heavy atom. The molecule has 0 heterocycles. The first-order chi connectivity index (χ1) is 5.62. The molecular weight excluding hydrogens is 212 g/mol. The minimum absolute atomic E-state index is 0.102. The van der Waals surface area contributed by atoms with Gasteiger partial charge >= 0.3 is 17.6 Å². The van der Waals surface area contributed by atoms with E-state index in [9.17, 15) is 0 Å². The van der Waals surface area contributed by atoms with Gasteiger partial charge < -0.3 is 28.8 Å². The molecule has 0 aromatic carbocycles. The Bertz CT molecular complexity index is 151. The zero-order valence-corrected chi connectivity index (χ0v) is 9.60. The fraction of sp³-hybridized carbons (Fsp3) is 1.00. The van der Waals surface area contributed by atoms with Gasteiger partial charge in [-0.1, -0.05) is 13.8 Å². The predicted octanol–water partition coefficient (Wildman–Crippen LogP) is -2.08. The molecule has 0 aliphatic heterocycles. The SMILES string of the molecule is CCC(CC)([Si](O)(O)O)[Si](O)(O)O. The Morgan fingerprint density at radius 1 is 0.769 bits per heavy atom. The van der Waals surface area contributed by atoms with E-state index >= 15 is 0 Å². The third-order valence-corrected chi connectivity index (χ3v) is 8.49. The van der Waals surface area contributed by atoms with Crippen LogP contribution in [0.2, 0.25) is 4.66 Å². The molecule has 0 radical (unpaired) electrons. The van der Waals surface area contributed by atoms with Crippen LogP contribution in [0.4, 0.5) is 0 Å². The summed E-state index contributed by atoms with van der Waals surface area (Å²) in [5, 5.41) is 0. The van der Waals surface area contributed by atoms with E-state index < -0.39 is 22.3 Å². The standard InChI is InChI=1S/C5H16O6Si2/c1-3-5(4-2,12(6,7)8)13(9,10)11/h6-11H,3-4H2,1-2H3. The summed E-state index contributed by atoms with van der Waals surface area (Å²) >= 11 is 0. The van der Waals surface area contributed by atoms with Gasteiger partial charge in [0.05, 0.1) is 0 Å². The summed E-state index contributed by atoms with van der Waals surface area (Å²) in [5.74, 6) is 0. The fourth-order valence-corrected chi connectivity index (χ4v) is 5.12. The van der Waals surface area contributed by atoms with Crippen molar-refractivity contribution >= 4 is 17.6 Å². The first-order valence-electron chi connectivity index (χ1n) is 3.96. The van der Waals surface area contributed by atoms with Gasteiger partial charge in [-0.05, 0) is 12.8 Å². The molecule has 80 valence electrons. The molecule has 0 fully saturated rings. The van der Waals surface area contributed by atoms with Crippen LogP contribution in [0.1, 0.15) is 26.7 Å². The van der Waals surface area contributed by atoms with Crippen LogP contribution in [-0.2, 0) is 0 Å². The minimum Gasteiger partial charge on any atom is -0.390 e. The summed E-state index contributed by atoms with van der Waals surface area (Å²) in [5.41, 5.74) is 0. The number of hydrogen-bond acceptors (Lipinski definition) is 6. The molecule has 0 saturated carbocycles. The van der Waals surface area contributed by atoms with Crippen molar-refractivity contribution in [2.45, 2.75) is 31.4 Å². The van der Waals surface area contributed by atoms with Gasteiger partial charge in [-0.15, -0.1) is 0 Å². The fourth-order valence-electron chi connectivity index (χ4n) is 1.42. The highest BCUT2D eigenvalue weighted by Crippen LogP contribution is 2.45. The van der Waals surface area contributed by atoms with E-state index in [2.05, 4.69) is 0 Å². The van der Waals surface area contributed by atoms with Crippen molar-refractivity contribution in [3.63, 3.8) is 0 Å².